The number of aryl methyl sites for hydroxylation is 1. The molecule has 1 amide bonds. The van der Waals surface area contributed by atoms with Crippen molar-refractivity contribution in [2.75, 3.05) is 20.1 Å². The van der Waals surface area contributed by atoms with Gasteiger partial charge in [-0.05, 0) is 69.1 Å². The number of halogens is 3. The summed E-state index contributed by atoms with van der Waals surface area (Å²) in [6.45, 7) is 5.06. The predicted molar refractivity (Wildman–Crippen MR) is 132 cm³/mol. The van der Waals surface area contributed by atoms with E-state index in [-0.39, 0.29) is 28.6 Å². The molecule has 3 N–H and O–H groups in total. The van der Waals surface area contributed by atoms with Crippen molar-refractivity contribution in [1.29, 1.82) is 0 Å². The number of thiazole rings is 1. The summed E-state index contributed by atoms with van der Waals surface area (Å²) >= 11 is 1.13. The molecule has 1 aliphatic heterocycles. The second-order valence-corrected chi connectivity index (χ2v) is 10.8. The summed E-state index contributed by atoms with van der Waals surface area (Å²) in [7, 11) is 2.05. The minimum atomic E-state index is -4.55. The first-order chi connectivity index (χ1) is 17.5. The predicted octanol–water partition coefficient (Wildman–Crippen LogP) is 3.97. The molecule has 0 bridgehead atoms. The lowest BCUT2D eigenvalue weighted by atomic mass is 9.95. The number of ketones is 1. The molecule has 1 aliphatic rings. The van der Waals surface area contributed by atoms with Gasteiger partial charge in [-0.25, -0.2) is 4.98 Å². The van der Waals surface area contributed by atoms with E-state index in [0.29, 0.717) is 34.9 Å². The molecule has 1 saturated heterocycles. The molecule has 202 valence electrons. The fourth-order valence-electron chi connectivity index (χ4n) is 4.63. The van der Waals surface area contributed by atoms with Gasteiger partial charge in [0.2, 0.25) is 5.91 Å². The van der Waals surface area contributed by atoms with Crippen LogP contribution in [0.1, 0.15) is 75.3 Å². The minimum absolute atomic E-state index is 0.0137. The molecule has 0 unspecified atom stereocenters. The third-order valence-corrected chi connectivity index (χ3v) is 8.02. The topological polar surface area (TPSA) is 111 Å². The lowest BCUT2D eigenvalue weighted by molar-refractivity contribution is -0.581. The highest BCUT2D eigenvalue weighted by Gasteiger charge is 2.42. The van der Waals surface area contributed by atoms with Crippen LogP contribution in [0.25, 0.3) is 15.5 Å². The van der Waals surface area contributed by atoms with E-state index in [1.54, 1.807) is 20.0 Å². The number of nitrogens with one attached hydrogen (secondary N) is 3. The molecule has 0 saturated carbocycles. The van der Waals surface area contributed by atoms with Gasteiger partial charge in [-0.2, -0.15) is 18.3 Å². The Bertz CT molecular complexity index is 1240. The molecule has 37 heavy (non-hydrogen) atoms. The number of alkyl halides is 3. The molecule has 0 radical (unpaired) electrons. The van der Waals surface area contributed by atoms with E-state index in [0.717, 1.165) is 56.5 Å². The summed E-state index contributed by atoms with van der Waals surface area (Å²) in [5.74, 6) is -0.301. The van der Waals surface area contributed by atoms with Gasteiger partial charge in [-0.3, -0.25) is 4.79 Å². The molecule has 0 spiro atoms. The molecule has 4 rings (SSSR count). The third-order valence-electron chi connectivity index (χ3n) is 6.84. The molecule has 3 aromatic heterocycles. The number of carbonyl (C=O) groups excluding carboxylic acids is 2. The zero-order chi connectivity index (χ0) is 26.7. The zero-order valence-corrected chi connectivity index (χ0v) is 22.1. The van der Waals surface area contributed by atoms with E-state index >= 15 is 0 Å². The average molecular weight is 541 g/mol. The van der Waals surface area contributed by atoms with Gasteiger partial charge in [0.05, 0.1) is 17.9 Å². The third kappa shape index (κ3) is 6.56. The number of nitrogens with zero attached hydrogens (tertiary/aromatic N) is 4. The van der Waals surface area contributed by atoms with Crippen LogP contribution in [0.4, 0.5) is 13.2 Å². The number of aromatic nitrogens is 5. The number of piperidine rings is 1. The number of fused-ring (bicyclic) bond motifs is 1. The number of imidazole rings is 1. The standard InChI is InChI=1S/C24H32F3N7O2S/c1-14(35)7-5-4-6-8-17(30-21(36)16-9-11-33(3)12-10-16)20-28-13-18(29-20)19-15(2)34-23(37-19)31-22(32-34)24(25,26)27/h13,16-17H,4-12H2,1-3H3,(H2,28,29,30,36)/p+1/t17-/m0/s1. The first-order valence-electron chi connectivity index (χ1n) is 12.5. The van der Waals surface area contributed by atoms with Gasteiger partial charge in [-0.15, -0.1) is 4.52 Å². The number of H-pyrrole nitrogens is 2. The Morgan fingerprint density at radius 3 is 2.65 bits per heavy atom. The zero-order valence-electron chi connectivity index (χ0n) is 21.2. The van der Waals surface area contributed by atoms with Crippen molar-refractivity contribution < 1.29 is 27.3 Å². The number of hydrogen-bond acceptors (Lipinski definition) is 6. The van der Waals surface area contributed by atoms with Crippen LogP contribution >= 0.6 is 11.3 Å². The van der Waals surface area contributed by atoms with E-state index in [1.165, 1.54) is 4.52 Å². The van der Waals surface area contributed by atoms with Crippen LogP contribution in [0.3, 0.4) is 0 Å². The summed E-state index contributed by atoms with van der Waals surface area (Å²) in [5.41, 5.74) is 1.23. The molecule has 3 aromatic rings. The van der Waals surface area contributed by atoms with Crippen LogP contribution in [0.2, 0.25) is 0 Å². The monoisotopic (exact) mass is 540 g/mol. The quantitative estimate of drug-likeness (QED) is 0.266. The smallest absolute Gasteiger partial charge is 0.346 e. The van der Waals surface area contributed by atoms with Gasteiger partial charge >= 0.3 is 17.0 Å². The number of likely N-dealkylation sites (tertiary alicyclic amines) is 1. The molecular formula is C24H33F3N7O2S+. The Morgan fingerprint density at radius 1 is 1.27 bits per heavy atom. The second kappa shape index (κ2) is 11.3. The summed E-state index contributed by atoms with van der Waals surface area (Å²) in [6, 6.07) is -0.328. The van der Waals surface area contributed by atoms with Gasteiger partial charge < -0.3 is 20.0 Å². The molecule has 4 heterocycles. The number of unbranched alkanes of at least 4 members (excludes halogenated alkanes) is 2. The van der Waals surface area contributed by atoms with Gasteiger partial charge in [0.1, 0.15) is 22.2 Å². The van der Waals surface area contributed by atoms with Crippen molar-refractivity contribution in [3.63, 3.8) is 0 Å². The summed E-state index contributed by atoms with van der Waals surface area (Å²) in [6.07, 6.45) is 2.41. The van der Waals surface area contributed by atoms with Crippen molar-refractivity contribution >= 4 is 28.0 Å². The first-order valence-corrected chi connectivity index (χ1v) is 13.4. The van der Waals surface area contributed by atoms with Crippen molar-refractivity contribution in [3.8, 4) is 10.6 Å². The van der Waals surface area contributed by atoms with Crippen molar-refractivity contribution in [2.24, 2.45) is 5.92 Å². The Kier molecular flexibility index (Phi) is 8.32. The summed E-state index contributed by atoms with van der Waals surface area (Å²) in [4.78, 5) is 39.0. The second-order valence-electron chi connectivity index (χ2n) is 9.83. The lowest BCUT2D eigenvalue weighted by Crippen LogP contribution is -2.40. The fraction of sp³-hybridized carbons (Fsp3) is 0.625. The van der Waals surface area contributed by atoms with Crippen LogP contribution < -0.4 is 9.83 Å². The minimum Gasteiger partial charge on any atom is -0.346 e. The fourth-order valence-corrected chi connectivity index (χ4v) is 5.68. The van der Waals surface area contributed by atoms with Gasteiger partial charge in [-0.1, -0.05) is 12.8 Å². The van der Waals surface area contributed by atoms with Crippen molar-refractivity contribution in [2.45, 2.75) is 71.0 Å². The molecule has 0 aromatic carbocycles. The summed E-state index contributed by atoms with van der Waals surface area (Å²) < 4.78 is 40.4. The number of carbonyl (C=O) groups is 2. The Balaban J connectivity index is 1.51. The molecule has 9 nitrogen and oxygen atoms in total. The highest BCUT2D eigenvalue weighted by Crippen LogP contribution is 2.32. The maximum Gasteiger partial charge on any atom is 0.478 e. The summed E-state index contributed by atoms with van der Waals surface area (Å²) in [5, 5.41) is 5.49. The van der Waals surface area contributed by atoms with E-state index in [9.17, 15) is 22.8 Å². The van der Waals surface area contributed by atoms with Gasteiger partial charge in [0, 0.05) is 19.3 Å². The number of Topliss-reactive ketones (excluding diaryl/α,β-unsaturated/α-hetero) is 1. The van der Waals surface area contributed by atoms with E-state index in [4.69, 9.17) is 0 Å². The maximum absolute atomic E-state index is 13.1. The molecular weight excluding hydrogens is 507 g/mol. The van der Waals surface area contributed by atoms with Crippen LogP contribution in [-0.4, -0.2) is 56.8 Å². The van der Waals surface area contributed by atoms with Crippen LogP contribution in [0, 0.1) is 12.8 Å². The average Bonchev–Trinajstić information content (AvgIpc) is 3.54. The Hall–Kier alpha value is -2.80. The highest BCUT2D eigenvalue weighted by atomic mass is 32.1. The molecule has 1 fully saturated rings. The SMILES string of the molecule is CC(=O)CCCCC[C@H](NC(=O)C1CCN(C)CC1)c1ncc(-c2sc3nc(C(F)(F)F)[nH][n+]3c2C)[nH]1. The number of amides is 1. The Labute approximate surface area is 216 Å². The van der Waals surface area contributed by atoms with Crippen LogP contribution in [-0.2, 0) is 15.8 Å². The highest BCUT2D eigenvalue weighted by molar-refractivity contribution is 7.19. The Morgan fingerprint density at radius 2 is 2.00 bits per heavy atom. The van der Waals surface area contributed by atoms with E-state index < -0.39 is 12.0 Å². The van der Waals surface area contributed by atoms with E-state index in [2.05, 4.69) is 30.3 Å². The molecule has 13 heteroatoms. The largest absolute Gasteiger partial charge is 0.478 e. The molecule has 1 atom stereocenters. The van der Waals surface area contributed by atoms with Crippen molar-refractivity contribution in [1.82, 2.24) is 30.3 Å². The molecule has 0 aliphatic carbocycles. The number of hydrogen-bond donors (Lipinski definition) is 3. The number of rotatable bonds is 10. The van der Waals surface area contributed by atoms with Crippen LogP contribution in [0.5, 0.6) is 0 Å². The number of aromatic amines is 2. The maximum atomic E-state index is 13.1. The van der Waals surface area contributed by atoms with E-state index in [1.807, 2.05) is 7.05 Å². The normalized spacial score (nSPS) is 16.4. The van der Waals surface area contributed by atoms with Gasteiger partial charge in [0.25, 0.3) is 0 Å². The van der Waals surface area contributed by atoms with Gasteiger partial charge in [0.15, 0.2) is 0 Å². The van der Waals surface area contributed by atoms with Crippen LogP contribution in [0.15, 0.2) is 6.20 Å². The lowest BCUT2D eigenvalue weighted by Gasteiger charge is -2.29. The van der Waals surface area contributed by atoms with Crippen molar-refractivity contribution in [3.05, 3.63) is 23.5 Å². The first kappa shape index (κ1) is 27.2.